The number of H-pyrrole nitrogens is 1. The molecule has 10 nitrogen and oxygen atoms in total. The number of ether oxygens (including phenoxy) is 3. The normalized spacial score (nSPS) is 15.3. The molecule has 38 heavy (non-hydrogen) atoms. The van der Waals surface area contributed by atoms with E-state index in [0.717, 1.165) is 34.0 Å². The number of benzene rings is 2. The Bertz CT molecular complexity index is 1650. The molecule has 2 aromatic carbocycles. The van der Waals surface area contributed by atoms with Crippen molar-refractivity contribution in [1.29, 1.82) is 0 Å². The van der Waals surface area contributed by atoms with E-state index in [2.05, 4.69) is 15.3 Å². The van der Waals surface area contributed by atoms with Gasteiger partial charge in [-0.25, -0.2) is 9.97 Å². The van der Waals surface area contributed by atoms with Gasteiger partial charge in [-0.3, -0.25) is 4.79 Å². The molecule has 0 unspecified atom stereocenters. The molecular weight excluding hydrogens is 486 g/mol. The SMILES string of the molecule is CNC(=O)c1ccc(Cc2nc(O[C@H]3CCOC3)c3c(-c4ccc5nc(C)oc5c4)c[nH]c3n2)c(OC)c1. The molecule has 0 spiro atoms. The van der Waals surface area contributed by atoms with Gasteiger partial charge in [0.1, 0.15) is 28.8 Å². The van der Waals surface area contributed by atoms with Gasteiger partial charge in [-0.2, -0.15) is 4.98 Å². The Morgan fingerprint density at radius 3 is 2.87 bits per heavy atom. The number of nitrogens with one attached hydrogen (secondary N) is 2. The summed E-state index contributed by atoms with van der Waals surface area (Å²) >= 11 is 0. The Balaban J connectivity index is 1.42. The average Bonchev–Trinajstić information content (AvgIpc) is 3.67. The van der Waals surface area contributed by atoms with Crippen LogP contribution >= 0.6 is 0 Å². The highest BCUT2D eigenvalue weighted by Crippen LogP contribution is 2.36. The zero-order valence-electron chi connectivity index (χ0n) is 21.3. The highest BCUT2D eigenvalue weighted by molar-refractivity contribution is 5.98. The number of oxazole rings is 1. The van der Waals surface area contributed by atoms with Gasteiger partial charge in [0.2, 0.25) is 5.88 Å². The lowest BCUT2D eigenvalue weighted by atomic mass is 10.0. The third-order valence-electron chi connectivity index (χ3n) is 6.64. The maximum Gasteiger partial charge on any atom is 0.251 e. The summed E-state index contributed by atoms with van der Waals surface area (Å²) in [7, 11) is 3.17. The van der Waals surface area contributed by atoms with Crippen molar-refractivity contribution in [2.45, 2.75) is 25.9 Å². The van der Waals surface area contributed by atoms with E-state index in [-0.39, 0.29) is 12.0 Å². The second-order valence-electron chi connectivity index (χ2n) is 9.17. The molecule has 1 saturated heterocycles. The highest BCUT2D eigenvalue weighted by atomic mass is 16.5. The van der Waals surface area contributed by atoms with Crippen LogP contribution in [0, 0.1) is 6.92 Å². The van der Waals surface area contributed by atoms with Crippen molar-refractivity contribution in [1.82, 2.24) is 25.3 Å². The summed E-state index contributed by atoms with van der Waals surface area (Å²) in [5.74, 6) is 2.08. The zero-order valence-corrected chi connectivity index (χ0v) is 21.3. The van der Waals surface area contributed by atoms with Gasteiger partial charge in [-0.1, -0.05) is 12.1 Å². The van der Waals surface area contributed by atoms with E-state index in [0.29, 0.717) is 59.8 Å². The fourth-order valence-corrected chi connectivity index (χ4v) is 4.75. The first-order valence-corrected chi connectivity index (χ1v) is 12.4. The maximum absolute atomic E-state index is 12.1. The van der Waals surface area contributed by atoms with Crippen LogP contribution in [0.4, 0.5) is 0 Å². The monoisotopic (exact) mass is 513 g/mol. The molecule has 0 saturated carbocycles. The summed E-state index contributed by atoms with van der Waals surface area (Å²) in [6.45, 7) is 3.00. The van der Waals surface area contributed by atoms with Crippen LogP contribution in [0.1, 0.15) is 34.1 Å². The molecular formula is C28H27N5O5. The van der Waals surface area contributed by atoms with Gasteiger partial charge in [0.05, 0.1) is 25.7 Å². The van der Waals surface area contributed by atoms with Crippen LogP contribution < -0.4 is 14.8 Å². The number of nitrogens with zero attached hydrogens (tertiary/aromatic N) is 3. The predicted octanol–water partition coefficient (Wildman–Crippen LogP) is 4.20. The Morgan fingerprint density at radius 2 is 2.08 bits per heavy atom. The standard InChI is InChI=1S/C28H27N5O5/c1-15-31-21-7-6-16(10-23(21)37-15)20-13-30-26-25(20)28(38-19-8-9-36-14-19)33-24(32-26)12-17-4-5-18(27(34)29-2)11-22(17)35-3/h4-7,10-11,13,19H,8-9,12,14H2,1-3H3,(H,29,34)(H,30,32,33)/t19-/m0/s1. The largest absolute Gasteiger partial charge is 0.496 e. The average molecular weight is 514 g/mol. The minimum absolute atomic E-state index is 0.0931. The lowest BCUT2D eigenvalue weighted by molar-refractivity contribution is 0.0962. The molecule has 5 aromatic rings. The number of hydrogen-bond acceptors (Lipinski definition) is 8. The van der Waals surface area contributed by atoms with Crippen LogP contribution in [0.15, 0.2) is 47.0 Å². The summed E-state index contributed by atoms with van der Waals surface area (Å²) in [6, 6.07) is 11.2. The van der Waals surface area contributed by atoms with Gasteiger partial charge in [-0.05, 0) is 29.8 Å². The quantitative estimate of drug-likeness (QED) is 0.332. The molecule has 1 amide bonds. The van der Waals surface area contributed by atoms with Crippen molar-refractivity contribution >= 4 is 28.0 Å². The van der Waals surface area contributed by atoms with E-state index in [9.17, 15) is 4.79 Å². The van der Waals surface area contributed by atoms with Crippen LogP contribution in [-0.4, -0.2) is 59.3 Å². The van der Waals surface area contributed by atoms with Crippen molar-refractivity contribution in [3.63, 3.8) is 0 Å². The number of carbonyl (C=O) groups excluding carboxylic acids is 1. The number of aromatic nitrogens is 4. The Labute approximate surface area is 218 Å². The fraction of sp³-hybridized carbons (Fsp3) is 0.286. The van der Waals surface area contributed by atoms with Gasteiger partial charge in [0.25, 0.3) is 5.91 Å². The predicted molar refractivity (Wildman–Crippen MR) is 141 cm³/mol. The second-order valence-corrected chi connectivity index (χ2v) is 9.17. The lowest BCUT2D eigenvalue weighted by Crippen LogP contribution is -2.18. The smallest absolute Gasteiger partial charge is 0.251 e. The Kier molecular flexibility index (Phi) is 6.16. The number of aryl methyl sites for hydroxylation is 1. The van der Waals surface area contributed by atoms with Crippen molar-refractivity contribution in [2.24, 2.45) is 0 Å². The summed E-state index contributed by atoms with van der Waals surface area (Å²) in [6.07, 6.45) is 3.00. The van der Waals surface area contributed by atoms with Gasteiger partial charge in [-0.15, -0.1) is 0 Å². The first-order valence-electron chi connectivity index (χ1n) is 12.4. The molecule has 0 bridgehead atoms. The van der Waals surface area contributed by atoms with Gasteiger partial charge in [0, 0.05) is 49.7 Å². The van der Waals surface area contributed by atoms with Crippen LogP contribution in [0.25, 0.3) is 33.3 Å². The molecule has 1 aliphatic rings. The minimum atomic E-state index is -0.181. The Hall–Kier alpha value is -4.44. The van der Waals surface area contributed by atoms with Crippen molar-refractivity contribution in [3.05, 3.63) is 65.4 Å². The van der Waals surface area contributed by atoms with Gasteiger partial charge < -0.3 is 28.9 Å². The molecule has 3 aromatic heterocycles. The van der Waals surface area contributed by atoms with Gasteiger partial charge >= 0.3 is 0 Å². The molecule has 194 valence electrons. The van der Waals surface area contributed by atoms with E-state index in [1.807, 2.05) is 37.4 Å². The molecule has 10 heteroatoms. The minimum Gasteiger partial charge on any atom is -0.496 e. The van der Waals surface area contributed by atoms with Crippen molar-refractivity contribution in [2.75, 3.05) is 27.4 Å². The summed E-state index contributed by atoms with van der Waals surface area (Å²) in [5.41, 5.74) is 5.40. The van der Waals surface area contributed by atoms with E-state index < -0.39 is 0 Å². The third-order valence-corrected chi connectivity index (χ3v) is 6.64. The maximum atomic E-state index is 12.1. The number of amides is 1. The van der Waals surface area contributed by atoms with Crippen molar-refractivity contribution < 1.29 is 23.4 Å². The van der Waals surface area contributed by atoms with Crippen LogP contribution in [0.2, 0.25) is 0 Å². The zero-order chi connectivity index (χ0) is 26.2. The lowest BCUT2D eigenvalue weighted by Gasteiger charge is -2.15. The first-order chi connectivity index (χ1) is 18.5. The summed E-state index contributed by atoms with van der Waals surface area (Å²) < 4.78 is 23.3. The number of methoxy groups -OCH3 is 1. The van der Waals surface area contributed by atoms with E-state index >= 15 is 0 Å². The third kappa shape index (κ3) is 4.43. The molecule has 0 aliphatic carbocycles. The number of carbonyl (C=O) groups is 1. The molecule has 1 aliphatic heterocycles. The first kappa shape index (κ1) is 23.9. The van der Waals surface area contributed by atoms with Crippen molar-refractivity contribution in [3.8, 4) is 22.8 Å². The van der Waals surface area contributed by atoms with Crippen LogP contribution in [0.3, 0.4) is 0 Å². The second kappa shape index (κ2) is 9.79. The van der Waals surface area contributed by atoms with Crippen LogP contribution in [-0.2, 0) is 11.2 Å². The Morgan fingerprint density at radius 1 is 1.18 bits per heavy atom. The number of hydrogen-bond donors (Lipinski definition) is 2. The molecule has 1 fully saturated rings. The number of aromatic amines is 1. The van der Waals surface area contributed by atoms with Crippen LogP contribution in [0.5, 0.6) is 11.6 Å². The molecule has 2 N–H and O–H groups in total. The molecule has 0 radical (unpaired) electrons. The number of rotatable bonds is 7. The summed E-state index contributed by atoms with van der Waals surface area (Å²) in [5, 5.41) is 3.42. The fourth-order valence-electron chi connectivity index (χ4n) is 4.75. The molecule has 6 rings (SSSR count). The topological polar surface area (TPSA) is 124 Å². The number of fused-ring (bicyclic) bond motifs is 2. The highest BCUT2D eigenvalue weighted by Gasteiger charge is 2.23. The molecule has 1 atom stereocenters. The molecule has 4 heterocycles. The van der Waals surface area contributed by atoms with E-state index in [1.165, 1.54) is 0 Å². The summed E-state index contributed by atoms with van der Waals surface area (Å²) in [4.78, 5) is 29.4. The van der Waals surface area contributed by atoms with E-state index in [1.54, 1.807) is 26.3 Å². The van der Waals surface area contributed by atoms with E-state index in [4.69, 9.17) is 28.6 Å². The van der Waals surface area contributed by atoms with Gasteiger partial charge in [0.15, 0.2) is 11.5 Å².